The van der Waals surface area contributed by atoms with E-state index in [0.29, 0.717) is 30.0 Å². The lowest BCUT2D eigenvalue weighted by atomic mass is 10.0. The van der Waals surface area contributed by atoms with Gasteiger partial charge in [-0.2, -0.15) is 4.31 Å². The fourth-order valence-corrected chi connectivity index (χ4v) is 8.58. The third-order valence-electron chi connectivity index (χ3n) is 7.65. The minimum absolute atomic E-state index is 0.0138. The number of hydrogen-bond acceptors (Lipinski definition) is 5. The van der Waals surface area contributed by atoms with Crippen LogP contribution in [0.1, 0.15) is 77.7 Å². The number of amides is 2. The summed E-state index contributed by atoms with van der Waals surface area (Å²) in [6, 6.07) is 5.97. The molecule has 1 aliphatic carbocycles. The van der Waals surface area contributed by atoms with E-state index < -0.39 is 16.1 Å². The molecule has 2 aliphatic heterocycles. The zero-order valence-corrected chi connectivity index (χ0v) is 22.6. The molecule has 2 fully saturated rings. The molecule has 1 atom stereocenters. The highest BCUT2D eigenvalue weighted by Gasteiger charge is 2.40. The van der Waals surface area contributed by atoms with Gasteiger partial charge >= 0.3 is 0 Å². The van der Waals surface area contributed by atoms with Gasteiger partial charge in [0.15, 0.2) is 0 Å². The molecule has 0 bridgehead atoms. The monoisotopic (exact) mass is 529 g/mol. The zero-order valence-electron chi connectivity index (χ0n) is 20.9. The molecule has 2 amide bonds. The minimum Gasteiger partial charge on any atom is -0.339 e. The molecule has 9 heteroatoms. The summed E-state index contributed by atoms with van der Waals surface area (Å²) in [5.74, 6) is -0.327. The van der Waals surface area contributed by atoms with E-state index in [1.165, 1.54) is 20.5 Å². The number of piperidine rings is 1. The Bertz CT molecular complexity index is 1230. The summed E-state index contributed by atoms with van der Waals surface area (Å²) in [5, 5.41) is 3.64. The molecule has 3 heterocycles. The fraction of sp³-hybridized carbons (Fsp3) is 0.556. The molecule has 1 N–H and O–H groups in total. The van der Waals surface area contributed by atoms with Crippen LogP contribution in [0.4, 0.5) is 5.00 Å². The van der Waals surface area contributed by atoms with E-state index in [-0.39, 0.29) is 16.7 Å². The Morgan fingerprint density at radius 2 is 1.61 bits per heavy atom. The smallest absolute Gasteiger partial charge is 0.257 e. The first kappa shape index (κ1) is 25.4. The SMILES string of the molecule is Cc1ccc(S(=O)(=O)N2CCC[C@@H]2C(=O)Nc2sc3c(c2C(=O)N2CCCCC2)CCCCC3)cc1. The van der Waals surface area contributed by atoms with E-state index >= 15 is 0 Å². The number of anilines is 1. The lowest BCUT2D eigenvalue weighted by Crippen LogP contribution is -2.43. The lowest BCUT2D eigenvalue weighted by molar-refractivity contribution is -0.119. The van der Waals surface area contributed by atoms with E-state index in [1.54, 1.807) is 24.3 Å². The van der Waals surface area contributed by atoms with Crippen LogP contribution in [-0.2, 0) is 27.7 Å². The van der Waals surface area contributed by atoms with Gasteiger partial charge in [0.1, 0.15) is 11.0 Å². The van der Waals surface area contributed by atoms with Crippen molar-refractivity contribution < 1.29 is 18.0 Å². The quantitative estimate of drug-likeness (QED) is 0.567. The number of likely N-dealkylation sites (tertiary alicyclic amines) is 1. The normalized spacial score (nSPS) is 21.1. The van der Waals surface area contributed by atoms with Gasteiger partial charge in [-0.3, -0.25) is 9.59 Å². The van der Waals surface area contributed by atoms with Crippen molar-refractivity contribution in [1.82, 2.24) is 9.21 Å². The second-order valence-corrected chi connectivity index (χ2v) is 13.2. The first-order valence-corrected chi connectivity index (χ1v) is 15.4. The molecule has 1 aromatic carbocycles. The van der Waals surface area contributed by atoms with Crippen molar-refractivity contribution in [3.8, 4) is 0 Å². The average molecular weight is 530 g/mol. The third kappa shape index (κ3) is 4.97. The van der Waals surface area contributed by atoms with Crippen molar-refractivity contribution in [2.24, 2.45) is 0 Å². The highest BCUT2D eigenvalue weighted by atomic mass is 32.2. The number of carbonyl (C=O) groups excluding carboxylic acids is 2. The third-order valence-corrected chi connectivity index (χ3v) is 10.8. The van der Waals surface area contributed by atoms with E-state index in [0.717, 1.165) is 75.6 Å². The molecule has 3 aliphatic rings. The Balaban J connectivity index is 1.42. The van der Waals surface area contributed by atoms with E-state index in [1.807, 2.05) is 11.8 Å². The van der Waals surface area contributed by atoms with Gasteiger partial charge in [0.05, 0.1) is 10.5 Å². The largest absolute Gasteiger partial charge is 0.339 e. The topological polar surface area (TPSA) is 86.8 Å². The summed E-state index contributed by atoms with van der Waals surface area (Å²) in [6.07, 6.45) is 9.31. The number of nitrogens with zero attached hydrogens (tertiary/aromatic N) is 2. The van der Waals surface area contributed by atoms with Crippen LogP contribution >= 0.6 is 11.3 Å². The summed E-state index contributed by atoms with van der Waals surface area (Å²) in [5.41, 5.74) is 2.73. The molecule has 2 saturated heterocycles. The number of rotatable bonds is 5. The van der Waals surface area contributed by atoms with E-state index in [4.69, 9.17) is 0 Å². The van der Waals surface area contributed by atoms with Crippen LogP contribution in [0.2, 0.25) is 0 Å². The van der Waals surface area contributed by atoms with Gasteiger partial charge in [-0.05, 0) is 82.4 Å². The highest BCUT2D eigenvalue weighted by Crippen LogP contribution is 2.39. The van der Waals surface area contributed by atoms with E-state index in [2.05, 4.69) is 5.32 Å². The maximum absolute atomic E-state index is 13.7. The molecule has 1 aromatic heterocycles. The number of thiophene rings is 1. The maximum atomic E-state index is 13.7. The van der Waals surface area contributed by atoms with Crippen molar-refractivity contribution in [3.63, 3.8) is 0 Å². The molecular formula is C27H35N3O4S2. The number of hydrogen-bond donors (Lipinski definition) is 1. The number of aryl methyl sites for hydroxylation is 2. The Labute approximate surface area is 217 Å². The second kappa shape index (κ2) is 10.6. The van der Waals surface area contributed by atoms with Crippen molar-refractivity contribution in [3.05, 3.63) is 45.8 Å². The van der Waals surface area contributed by atoms with Crippen molar-refractivity contribution in [2.45, 2.75) is 82.1 Å². The summed E-state index contributed by atoms with van der Waals surface area (Å²) in [6.45, 7) is 3.73. The lowest BCUT2D eigenvalue weighted by Gasteiger charge is -2.28. The summed E-state index contributed by atoms with van der Waals surface area (Å²) in [7, 11) is -3.79. The van der Waals surface area contributed by atoms with Crippen LogP contribution < -0.4 is 5.32 Å². The average Bonchev–Trinajstić information content (AvgIpc) is 3.44. The highest BCUT2D eigenvalue weighted by molar-refractivity contribution is 7.89. The fourth-order valence-electron chi connectivity index (χ4n) is 5.64. The van der Waals surface area contributed by atoms with Crippen LogP contribution in [-0.4, -0.2) is 55.1 Å². The van der Waals surface area contributed by atoms with Gasteiger partial charge < -0.3 is 10.2 Å². The van der Waals surface area contributed by atoms with Gasteiger partial charge in [0, 0.05) is 24.5 Å². The standard InChI is InChI=1S/C27H35N3O4S2/c1-19-12-14-20(15-13-19)36(33,34)30-18-8-10-22(30)25(31)28-26-24(27(32)29-16-6-3-7-17-29)21-9-4-2-5-11-23(21)35-26/h12-15,22H,2-11,16-18H2,1H3,(H,28,31)/t22-/m1/s1. The van der Waals surface area contributed by atoms with Gasteiger partial charge in [0.2, 0.25) is 15.9 Å². The second-order valence-electron chi connectivity index (χ2n) is 10.2. The minimum atomic E-state index is -3.79. The summed E-state index contributed by atoms with van der Waals surface area (Å²) >= 11 is 1.51. The first-order chi connectivity index (χ1) is 17.4. The van der Waals surface area contributed by atoms with Gasteiger partial charge in [0.25, 0.3) is 5.91 Å². The number of nitrogens with one attached hydrogen (secondary N) is 1. The Morgan fingerprint density at radius 3 is 2.36 bits per heavy atom. The van der Waals surface area contributed by atoms with Gasteiger partial charge in [-0.1, -0.05) is 24.1 Å². The molecule has 36 heavy (non-hydrogen) atoms. The van der Waals surface area contributed by atoms with Crippen LogP contribution in [0, 0.1) is 6.92 Å². The van der Waals surface area contributed by atoms with E-state index in [9.17, 15) is 18.0 Å². The molecule has 5 rings (SSSR count). The van der Waals surface area contributed by atoms with Gasteiger partial charge in [-0.15, -0.1) is 11.3 Å². The summed E-state index contributed by atoms with van der Waals surface area (Å²) in [4.78, 5) is 30.6. The van der Waals surface area contributed by atoms with Crippen LogP contribution in [0.5, 0.6) is 0 Å². The molecule has 0 unspecified atom stereocenters. The molecule has 0 spiro atoms. The first-order valence-electron chi connectivity index (χ1n) is 13.2. The number of sulfonamides is 1. The molecule has 0 saturated carbocycles. The molecule has 2 aromatic rings. The molecule has 0 radical (unpaired) electrons. The molecule has 194 valence electrons. The number of carbonyl (C=O) groups is 2. The Hall–Kier alpha value is -2.23. The van der Waals surface area contributed by atoms with Crippen LogP contribution in [0.25, 0.3) is 0 Å². The zero-order chi connectivity index (χ0) is 25.3. The predicted octanol–water partition coefficient (Wildman–Crippen LogP) is 4.74. The van der Waals surface area contributed by atoms with Crippen molar-refractivity contribution in [2.75, 3.05) is 25.0 Å². The number of benzene rings is 1. The van der Waals surface area contributed by atoms with Crippen LogP contribution in [0.15, 0.2) is 29.2 Å². The number of fused-ring (bicyclic) bond motifs is 1. The van der Waals surface area contributed by atoms with Crippen molar-refractivity contribution in [1.29, 1.82) is 0 Å². The maximum Gasteiger partial charge on any atom is 0.257 e. The Morgan fingerprint density at radius 1 is 0.917 bits per heavy atom. The molecule has 7 nitrogen and oxygen atoms in total. The Kier molecular flexibility index (Phi) is 7.51. The van der Waals surface area contributed by atoms with Gasteiger partial charge in [-0.25, -0.2) is 8.42 Å². The molecular weight excluding hydrogens is 494 g/mol. The predicted molar refractivity (Wildman–Crippen MR) is 142 cm³/mol. The summed E-state index contributed by atoms with van der Waals surface area (Å²) < 4.78 is 28.1. The van der Waals surface area contributed by atoms with Crippen molar-refractivity contribution >= 4 is 38.2 Å². The van der Waals surface area contributed by atoms with Crippen LogP contribution in [0.3, 0.4) is 0 Å².